The molecule has 5 nitrogen and oxygen atoms in total. The monoisotopic (exact) mass is 405 g/mol. The third-order valence-electron chi connectivity index (χ3n) is 7.44. The smallest absolute Gasteiger partial charge is 0.338 e. The van der Waals surface area contributed by atoms with Gasteiger partial charge in [0.2, 0.25) is 0 Å². The molecular formula is C25H27NO4. The van der Waals surface area contributed by atoms with Gasteiger partial charge in [0.25, 0.3) is 0 Å². The second-order valence-electron chi connectivity index (χ2n) is 9.00. The minimum Gasteiger partial charge on any atom is -0.453 e. The largest absolute Gasteiger partial charge is 0.453 e. The predicted octanol–water partition coefficient (Wildman–Crippen LogP) is 3.70. The maximum atomic E-state index is 12.8. The fraction of sp³-hybridized carbons (Fsp3) is 0.440. The van der Waals surface area contributed by atoms with E-state index in [0.717, 1.165) is 6.42 Å². The van der Waals surface area contributed by atoms with Gasteiger partial charge in [-0.25, -0.2) is 9.59 Å². The van der Waals surface area contributed by atoms with Crippen LogP contribution < -0.4 is 5.32 Å². The van der Waals surface area contributed by atoms with Gasteiger partial charge < -0.3 is 14.8 Å². The molecular weight excluding hydrogens is 378 g/mol. The van der Waals surface area contributed by atoms with Crippen molar-refractivity contribution in [3.63, 3.8) is 0 Å². The highest BCUT2D eigenvalue weighted by atomic mass is 16.6. The van der Waals surface area contributed by atoms with E-state index in [1.165, 1.54) is 0 Å². The highest BCUT2D eigenvalue weighted by Crippen LogP contribution is 2.54. The van der Waals surface area contributed by atoms with Crippen molar-refractivity contribution in [2.75, 3.05) is 0 Å². The van der Waals surface area contributed by atoms with Gasteiger partial charge >= 0.3 is 11.9 Å². The predicted molar refractivity (Wildman–Crippen MR) is 112 cm³/mol. The number of esters is 2. The van der Waals surface area contributed by atoms with E-state index in [4.69, 9.17) is 9.47 Å². The number of ether oxygens (including phenoxy) is 2. The SMILES string of the molecule is CC1CC2C3NC(C(OC(=O)c4ccccc4)C3OC(=O)c3ccccc3)C2C1C. The molecule has 1 N–H and O–H groups in total. The van der Waals surface area contributed by atoms with Crippen LogP contribution in [0.15, 0.2) is 60.7 Å². The van der Waals surface area contributed by atoms with Crippen molar-refractivity contribution >= 4 is 11.9 Å². The lowest BCUT2D eigenvalue weighted by Gasteiger charge is -2.36. The number of fused-ring (bicyclic) bond motifs is 5. The molecule has 1 aliphatic carbocycles. The Hall–Kier alpha value is -2.66. The Morgan fingerprint density at radius 1 is 0.800 bits per heavy atom. The normalized spacial score (nSPS) is 36.3. The van der Waals surface area contributed by atoms with Crippen molar-refractivity contribution in [3.05, 3.63) is 71.8 Å². The quantitative estimate of drug-likeness (QED) is 0.786. The Labute approximate surface area is 176 Å². The molecule has 3 fully saturated rings. The summed E-state index contributed by atoms with van der Waals surface area (Å²) < 4.78 is 12.0. The molecule has 5 rings (SSSR count). The summed E-state index contributed by atoms with van der Waals surface area (Å²) in [7, 11) is 0. The van der Waals surface area contributed by atoms with Crippen molar-refractivity contribution in [1.82, 2.24) is 5.32 Å². The molecule has 3 aliphatic rings. The molecule has 5 heteroatoms. The van der Waals surface area contributed by atoms with E-state index >= 15 is 0 Å². The Balaban J connectivity index is 1.41. The van der Waals surface area contributed by atoms with E-state index < -0.39 is 12.2 Å². The fourth-order valence-corrected chi connectivity index (χ4v) is 5.88. The molecule has 2 aliphatic heterocycles. The molecule has 2 aromatic carbocycles. The lowest BCUT2D eigenvalue weighted by atomic mass is 9.75. The standard InChI is InChI=1S/C25H27NO4/c1-14-13-18-19(15(14)2)21-23(30-25(28)17-11-7-4-8-12-17)22(20(18)26-21)29-24(27)16-9-5-3-6-10-16/h3-12,14-15,18-23,26H,13H2,1-2H3. The summed E-state index contributed by atoms with van der Waals surface area (Å²) >= 11 is 0. The van der Waals surface area contributed by atoms with Crippen LogP contribution in [0.3, 0.4) is 0 Å². The highest BCUT2D eigenvalue weighted by Gasteiger charge is 2.65. The molecule has 156 valence electrons. The van der Waals surface area contributed by atoms with Gasteiger partial charge in [0, 0.05) is 0 Å². The lowest BCUT2D eigenvalue weighted by molar-refractivity contribution is -0.0566. The molecule has 8 atom stereocenters. The van der Waals surface area contributed by atoms with Gasteiger partial charge in [-0.05, 0) is 54.4 Å². The van der Waals surface area contributed by atoms with Crippen molar-refractivity contribution in [3.8, 4) is 0 Å². The summed E-state index contributed by atoms with van der Waals surface area (Å²) in [5.74, 6) is 1.30. The van der Waals surface area contributed by atoms with Crippen molar-refractivity contribution in [2.45, 2.75) is 44.6 Å². The summed E-state index contributed by atoms with van der Waals surface area (Å²) in [5.41, 5.74) is 1.02. The molecule has 2 aromatic rings. The highest BCUT2D eigenvalue weighted by molar-refractivity contribution is 5.90. The Morgan fingerprint density at radius 3 is 1.83 bits per heavy atom. The van der Waals surface area contributed by atoms with Crippen LogP contribution in [-0.4, -0.2) is 36.2 Å². The number of carbonyl (C=O) groups excluding carboxylic acids is 2. The zero-order chi connectivity index (χ0) is 20.8. The van der Waals surface area contributed by atoms with Gasteiger partial charge in [-0.15, -0.1) is 0 Å². The van der Waals surface area contributed by atoms with Gasteiger partial charge in [-0.2, -0.15) is 0 Å². The first-order valence-electron chi connectivity index (χ1n) is 10.8. The van der Waals surface area contributed by atoms with E-state index in [1.807, 2.05) is 36.4 Å². The molecule has 0 spiro atoms. The lowest BCUT2D eigenvalue weighted by Crippen LogP contribution is -2.50. The molecule has 1 saturated carbocycles. The first-order valence-corrected chi connectivity index (χ1v) is 10.8. The number of hydrogen-bond donors (Lipinski definition) is 1. The zero-order valence-corrected chi connectivity index (χ0v) is 17.2. The number of carbonyl (C=O) groups is 2. The average Bonchev–Trinajstić information content (AvgIpc) is 3.40. The van der Waals surface area contributed by atoms with Crippen molar-refractivity contribution < 1.29 is 19.1 Å². The van der Waals surface area contributed by atoms with Gasteiger partial charge in [-0.1, -0.05) is 50.2 Å². The van der Waals surface area contributed by atoms with Crippen molar-refractivity contribution in [2.24, 2.45) is 23.7 Å². The minimum atomic E-state index is -0.482. The Bertz CT molecular complexity index is 931. The third-order valence-corrected chi connectivity index (χ3v) is 7.44. The second kappa shape index (κ2) is 7.55. The molecule has 0 radical (unpaired) electrons. The van der Waals surface area contributed by atoms with E-state index in [2.05, 4.69) is 19.2 Å². The van der Waals surface area contributed by atoms with Crippen LogP contribution in [0.5, 0.6) is 0 Å². The fourth-order valence-electron chi connectivity index (χ4n) is 5.88. The molecule has 2 bridgehead atoms. The van der Waals surface area contributed by atoms with Gasteiger partial charge in [0.15, 0.2) is 12.2 Å². The van der Waals surface area contributed by atoms with E-state index in [0.29, 0.717) is 34.8 Å². The molecule has 2 saturated heterocycles. The zero-order valence-electron chi connectivity index (χ0n) is 17.2. The maximum Gasteiger partial charge on any atom is 0.338 e. The van der Waals surface area contributed by atoms with Gasteiger partial charge in [0.05, 0.1) is 23.2 Å². The molecule has 30 heavy (non-hydrogen) atoms. The Morgan fingerprint density at radius 2 is 1.30 bits per heavy atom. The summed E-state index contributed by atoms with van der Waals surface area (Å²) in [6.07, 6.45) is 0.150. The van der Waals surface area contributed by atoms with Crippen LogP contribution in [0.1, 0.15) is 41.0 Å². The number of benzene rings is 2. The van der Waals surface area contributed by atoms with Gasteiger partial charge in [-0.3, -0.25) is 0 Å². The van der Waals surface area contributed by atoms with Crippen LogP contribution >= 0.6 is 0 Å². The topological polar surface area (TPSA) is 64.6 Å². The Kier molecular flexibility index (Phi) is 4.86. The summed E-state index contributed by atoms with van der Waals surface area (Å²) in [6, 6.07) is 18.0. The molecule has 0 aromatic heterocycles. The first kappa shape index (κ1) is 19.3. The second-order valence-corrected chi connectivity index (χ2v) is 9.00. The van der Waals surface area contributed by atoms with Crippen LogP contribution in [-0.2, 0) is 9.47 Å². The van der Waals surface area contributed by atoms with Crippen LogP contribution in [0, 0.1) is 23.7 Å². The average molecular weight is 405 g/mol. The maximum absolute atomic E-state index is 12.8. The van der Waals surface area contributed by atoms with E-state index in [-0.39, 0.29) is 24.0 Å². The third kappa shape index (κ3) is 3.12. The van der Waals surface area contributed by atoms with E-state index in [9.17, 15) is 9.59 Å². The minimum absolute atomic E-state index is 0.0150. The van der Waals surface area contributed by atoms with Crippen LogP contribution in [0.4, 0.5) is 0 Å². The van der Waals surface area contributed by atoms with Crippen LogP contribution in [0.25, 0.3) is 0 Å². The summed E-state index contributed by atoms with van der Waals surface area (Å²) in [4.78, 5) is 25.6. The summed E-state index contributed by atoms with van der Waals surface area (Å²) in [6.45, 7) is 4.58. The molecule has 0 amide bonds. The van der Waals surface area contributed by atoms with Gasteiger partial charge in [0.1, 0.15) is 0 Å². The molecule has 2 heterocycles. The summed E-state index contributed by atoms with van der Waals surface area (Å²) in [5, 5.41) is 3.64. The number of nitrogens with one attached hydrogen (secondary N) is 1. The number of rotatable bonds is 4. The first-order chi connectivity index (χ1) is 14.5. The van der Waals surface area contributed by atoms with E-state index in [1.54, 1.807) is 24.3 Å². The van der Waals surface area contributed by atoms with Crippen molar-refractivity contribution in [1.29, 1.82) is 0 Å². The van der Waals surface area contributed by atoms with Crippen LogP contribution in [0.2, 0.25) is 0 Å². The molecule has 8 unspecified atom stereocenters. The number of hydrogen-bond acceptors (Lipinski definition) is 5.